The van der Waals surface area contributed by atoms with Crippen molar-refractivity contribution < 1.29 is 63.3 Å². The van der Waals surface area contributed by atoms with Crippen LogP contribution in [-0.2, 0) is 51.2 Å². The first-order chi connectivity index (χ1) is 21.7. The molecule has 46 heavy (non-hydrogen) atoms. The summed E-state index contributed by atoms with van der Waals surface area (Å²) < 4.78 is 22.1. The molecule has 0 aromatic heterocycles. The zero-order valence-corrected chi connectivity index (χ0v) is 26.0. The van der Waals surface area contributed by atoms with Crippen molar-refractivity contribution in [2.24, 2.45) is 5.41 Å². The van der Waals surface area contributed by atoms with Crippen LogP contribution in [0.4, 0.5) is 0 Å². The van der Waals surface area contributed by atoms with Crippen LogP contribution in [0.1, 0.15) is 51.2 Å². The second-order valence-corrected chi connectivity index (χ2v) is 11.6. The van der Waals surface area contributed by atoms with Crippen LogP contribution in [-0.4, -0.2) is 112 Å². The largest absolute Gasteiger partial charge is 0.479 e. The number of amides is 3. The summed E-state index contributed by atoms with van der Waals surface area (Å²) in [4.78, 5) is 60.2. The van der Waals surface area contributed by atoms with Gasteiger partial charge < -0.3 is 44.7 Å². The number of carboxylic acid groups (broad SMARTS) is 1. The highest BCUT2D eigenvalue weighted by Crippen LogP contribution is 2.30. The summed E-state index contributed by atoms with van der Waals surface area (Å²) in [6.07, 6.45) is -4.97. The Morgan fingerprint density at radius 1 is 1.02 bits per heavy atom. The number of aliphatic hydroxyl groups excluding tert-OH is 3. The molecule has 254 valence electrons. The van der Waals surface area contributed by atoms with Gasteiger partial charge in [-0.05, 0) is 50.8 Å². The van der Waals surface area contributed by atoms with Crippen LogP contribution in [0.5, 0.6) is 5.75 Å². The predicted octanol–water partition coefficient (Wildman–Crippen LogP) is -0.182. The van der Waals surface area contributed by atoms with Crippen LogP contribution in [0.3, 0.4) is 0 Å². The summed E-state index contributed by atoms with van der Waals surface area (Å²) >= 11 is 0. The highest BCUT2D eigenvalue weighted by Gasteiger charge is 2.48. The maximum absolute atomic E-state index is 12.6. The van der Waals surface area contributed by atoms with Crippen molar-refractivity contribution in [2.75, 3.05) is 26.3 Å². The summed E-state index contributed by atoms with van der Waals surface area (Å²) in [5.41, 5.74) is 0.489. The maximum Gasteiger partial charge on any atom is 0.335 e. The van der Waals surface area contributed by atoms with Crippen molar-refractivity contribution in [3.63, 3.8) is 0 Å². The van der Waals surface area contributed by atoms with Crippen LogP contribution < -0.4 is 10.1 Å². The molecule has 2 heterocycles. The number of aliphatic carboxylic acids is 1. The summed E-state index contributed by atoms with van der Waals surface area (Å²) in [6, 6.07) is 4.99. The van der Waals surface area contributed by atoms with Crippen LogP contribution in [0, 0.1) is 5.41 Å². The molecule has 0 bridgehead atoms. The normalized spacial score (nSPS) is 23.0. The van der Waals surface area contributed by atoms with E-state index in [4.69, 9.17) is 18.9 Å². The number of esters is 1. The number of ether oxygens (including phenoxy) is 4. The Labute approximate surface area is 266 Å². The number of hydrogen-bond donors (Lipinski definition) is 5. The highest BCUT2D eigenvalue weighted by atomic mass is 16.7. The average molecular weight is 651 g/mol. The average Bonchev–Trinajstić information content (AvgIpc) is 3.35. The second kappa shape index (κ2) is 16.6. The third-order valence-electron chi connectivity index (χ3n) is 7.76. The molecule has 15 nitrogen and oxygen atoms in total. The molecule has 2 aliphatic rings. The monoisotopic (exact) mass is 650 g/mol. The zero-order valence-electron chi connectivity index (χ0n) is 26.0. The smallest absolute Gasteiger partial charge is 0.335 e. The number of carbonyl (C=O) groups is 5. The van der Waals surface area contributed by atoms with Gasteiger partial charge in [-0.1, -0.05) is 13.0 Å². The molecule has 0 radical (unpaired) electrons. The second-order valence-electron chi connectivity index (χ2n) is 11.6. The van der Waals surface area contributed by atoms with Gasteiger partial charge in [-0.25, -0.2) is 4.79 Å². The molecule has 1 aromatic rings. The van der Waals surface area contributed by atoms with Gasteiger partial charge in [-0.3, -0.25) is 24.1 Å². The van der Waals surface area contributed by atoms with Gasteiger partial charge >= 0.3 is 11.9 Å². The van der Waals surface area contributed by atoms with Crippen LogP contribution in [0.25, 0.3) is 0 Å². The molecule has 1 aromatic carbocycles. The minimum atomic E-state index is -1.87. The lowest BCUT2D eigenvalue weighted by atomic mass is 9.91. The first-order valence-electron chi connectivity index (χ1n) is 15.0. The van der Waals surface area contributed by atoms with Gasteiger partial charge in [0.2, 0.25) is 12.2 Å². The topological polar surface area (TPSA) is 218 Å². The third kappa shape index (κ3) is 9.80. The Morgan fingerprint density at radius 2 is 1.72 bits per heavy atom. The molecule has 1 saturated heterocycles. The minimum Gasteiger partial charge on any atom is -0.479 e. The molecule has 3 rings (SSSR count). The number of benzene rings is 1. The van der Waals surface area contributed by atoms with Crippen LogP contribution in [0.15, 0.2) is 30.4 Å². The fourth-order valence-corrected chi connectivity index (χ4v) is 4.47. The molecule has 0 saturated carbocycles. The molecular weight excluding hydrogens is 608 g/mol. The SMILES string of the molecule is CCC(C)(C)C(=O)OCc1cc(CCCOCCNC(=O)CCN2C(=O)C=CC2=O)ccc1O[C@@H]1O[C@H](C(=O)O)[C@@H](O)[C@H](O)[C@H]1O. The van der Waals surface area contributed by atoms with Gasteiger partial charge in [0.25, 0.3) is 11.8 Å². The molecule has 5 N–H and O–H groups in total. The van der Waals surface area contributed by atoms with Crippen molar-refractivity contribution >= 4 is 29.7 Å². The summed E-state index contributed by atoms with van der Waals surface area (Å²) in [7, 11) is 0. The van der Waals surface area contributed by atoms with Gasteiger partial charge in [0, 0.05) is 43.8 Å². The number of nitrogens with zero attached hydrogens (tertiary/aromatic N) is 1. The molecule has 5 atom stereocenters. The van der Waals surface area contributed by atoms with Gasteiger partial charge in [0.15, 0.2) is 6.10 Å². The summed E-state index contributed by atoms with van der Waals surface area (Å²) in [6.45, 7) is 6.01. The summed E-state index contributed by atoms with van der Waals surface area (Å²) in [5, 5.41) is 42.5. The van der Waals surface area contributed by atoms with Crippen molar-refractivity contribution in [1.29, 1.82) is 0 Å². The highest BCUT2D eigenvalue weighted by molar-refractivity contribution is 6.13. The van der Waals surface area contributed by atoms with Crippen molar-refractivity contribution in [2.45, 2.75) is 83.8 Å². The van der Waals surface area contributed by atoms with E-state index in [9.17, 15) is 44.4 Å². The maximum atomic E-state index is 12.6. The van der Waals surface area contributed by atoms with E-state index in [1.54, 1.807) is 32.0 Å². The lowest BCUT2D eigenvalue weighted by Gasteiger charge is -2.38. The lowest BCUT2D eigenvalue weighted by Crippen LogP contribution is -2.61. The van der Waals surface area contributed by atoms with E-state index in [0.29, 0.717) is 31.4 Å². The van der Waals surface area contributed by atoms with E-state index in [-0.39, 0.29) is 44.4 Å². The molecule has 0 spiro atoms. The first kappa shape index (κ1) is 36.6. The number of rotatable bonds is 17. The molecular formula is C31H42N2O13. The lowest BCUT2D eigenvalue weighted by molar-refractivity contribution is -0.271. The first-order valence-corrected chi connectivity index (χ1v) is 15.0. The van der Waals surface area contributed by atoms with Gasteiger partial charge in [-0.2, -0.15) is 0 Å². The molecule has 0 unspecified atom stereocenters. The van der Waals surface area contributed by atoms with E-state index >= 15 is 0 Å². The minimum absolute atomic E-state index is 0.000927. The fraction of sp³-hybridized carbons (Fsp3) is 0.581. The van der Waals surface area contributed by atoms with Crippen molar-refractivity contribution in [1.82, 2.24) is 10.2 Å². The Morgan fingerprint density at radius 3 is 2.37 bits per heavy atom. The quantitative estimate of drug-likeness (QED) is 0.0841. The Balaban J connectivity index is 1.53. The van der Waals surface area contributed by atoms with Crippen molar-refractivity contribution in [3.05, 3.63) is 41.5 Å². The molecule has 2 aliphatic heterocycles. The number of aryl methyl sites for hydroxylation is 1. The zero-order chi connectivity index (χ0) is 34.0. The van der Waals surface area contributed by atoms with E-state index in [2.05, 4.69) is 5.32 Å². The number of hydrogen-bond acceptors (Lipinski definition) is 12. The summed E-state index contributed by atoms with van der Waals surface area (Å²) in [5.74, 6) is -3.07. The van der Waals surface area contributed by atoms with Crippen molar-refractivity contribution in [3.8, 4) is 5.75 Å². The van der Waals surface area contributed by atoms with Gasteiger partial charge in [0.1, 0.15) is 30.7 Å². The number of nitrogens with one attached hydrogen (secondary N) is 1. The Kier molecular flexibility index (Phi) is 13.2. The molecule has 15 heteroatoms. The van der Waals surface area contributed by atoms with E-state index in [1.165, 1.54) is 0 Å². The van der Waals surface area contributed by atoms with E-state index in [1.807, 2.05) is 6.92 Å². The van der Waals surface area contributed by atoms with E-state index < -0.39 is 59.9 Å². The number of aliphatic hydroxyl groups is 3. The predicted molar refractivity (Wildman–Crippen MR) is 158 cm³/mol. The standard InChI is InChI=1S/C31H42N2O13/c1-4-31(2,3)30(42)44-17-19-16-18(7-8-20(19)45-29-26(39)24(37)25(38)27(46-29)28(40)41)6-5-14-43-15-12-32-21(34)11-13-33-22(35)9-10-23(33)36/h7-10,16,24-27,29,37-39H,4-6,11-15,17H2,1-3H3,(H,32,34)(H,40,41)/t24-,25-,26+,27-,29+/m0/s1. The number of carbonyl (C=O) groups excluding carboxylic acids is 4. The third-order valence-corrected chi connectivity index (χ3v) is 7.76. The number of carboxylic acids is 1. The van der Waals surface area contributed by atoms with E-state index in [0.717, 1.165) is 22.6 Å². The Hall–Kier alpha value is -3.89. The van der Waals surface area contributed by atoms with Gasteiger partial charge in [0.05, 0.1) is 12.0 Å². The van der Waals surface area contributed by atoms with Gasteiger partial charge in [-0.15, -0.1) is 0 Å². The Bertz CT molecular complexity index is 1280. The number of imide groups is 1. The van der Waals surface area contributed by atoms with Crippen LogP contribution in [0.2, 0.25) is 0 Å². The molecule has 3 amide bonds. The molecule has 1 fully saturated rings. The van der Waals surface area contributed by atoms with Crippen LogP contribution >= 0.6 is 0 Å². The fourth-order valence-electron chi connectivity index (χ4n) is 4.47. The molecule has 0 aliphatic carbocycles.